The maximum Gasteiger partial charge on any atom is 0.0725 e. The van der Waals surface area contributed by atoms with Crippen molar-refractivity contribution in [3.8, 4) is 0 Å². The van der Waals surface area contributed by atoms with Crippen molar-refractivity contribution < 1.29 is 0 Å². The van der Waals surface area contributed by atoms with Crippen LogP contribution in [0.4, 0.5) is 11.4 Å². The van der Waals surface area contributed by atoms with Gasteiger partial charge in [-0.05, 0) is 43.8 Å². The molecule has 0 atom stereocenters. The second-order valence-electron chi connectivity index (χ2n) is 7.41. The summed E-state index contributed by atoms with van der Waals surface area (Å²) in [6.45, 7) is 5.81. The molecule has 0 aliphatic rings. The highest BCUT2D eigenvalue weighted by molar-refractivity contribution is 5.91. The second-order valence-corrected chi connectivity index (χ2v) is 7.41. The zero-order chi connectivity index (χ0) is 20.1. The van der Waals surface area contributed by atoms with Crippen molar-refractivity contribution in [2.75, 3.05) is 43.9 Å². The second kappa shape index (κ2) is 8.88. The molecule has 0 unspecified atom stereocenters. The van der Waals surface area contributed by atoms with E-state index in [4.69, 9.17) is 0 Å². The van der Waals surface area contributed by atoms with E-state index in [-0.39, 0.29) is 0 Å². The molecule has 0 amide bonds. The van der Waals surface area contributed by atoms with E-state index in [1.54, 1.807) is 0 Å². The molecule has 0 aliphatic heterocycles. The Bertz CT molecular complexity index is 1100. The number of fused-ring (bicyclic) bond motifs is 2. The van der Waals surface area contributed by atoms with Crippen molar-refractivity contribution in [3.05, 3.63) is 72.6 Å². The third-order valence-corrected chi connectivity index (χ3v) is 5.17. The van der Waals surface area contributed by atoms with Gasteiger partial charge >= 0.3 is 0 Å². The fraction of sp³-hybridized carbons (Fsp3) is 0.250. The molecule has 148 valence electrons. The van der Waals surface area contributed by atoms with Crippen LogP contribution in [-0.2, 0) is 0 Å². The summed E-state index contributed by atoms with van der Waals surface area (Å²) in [5.74, 6) is 0. The van der Waals surface area contributed by atoms with Crippen LogP contribution in [0, 0.1) is 6.92 Å². The van der Waals surface area contributed by atoms with E-state index in [1.807, 2.05) is 36.7 Å². The number of rotatable bonds is 8. The van der Waals surface area contributed by atoms with Crippen LogP contribution in [0.5, 0.6) is 0 Å². The number of nitrogens with one attached hydrogen (secondary N) is 2. The smallest absolute Gasteiger partial charge is 0.0725 e. The fourth-order valence-corrected chi connectivity index (χ4v) is 3.54. The van der Waals surface area contributed by atoms with Gasteiger partial charge in [0.1, 0.15) is 0 Å². The third kappa shape index (κ3) is 4.63. The van der Waals surface area contributed by atoms with Crippen LogP contribution in [0.2, 0.25) is 0 Å². The first kappa shape index (κ1) is 19.2. The molecule has 4 aromatic rings. The minimum absolute atomic E-state index is 0.891. The summed E-state index contributed by atoms with van der Waals surface area (Å²) in [6.07, 6.45) is 3.73. The molecule has 0 bridgehead atoms. The van der Waals surface area contributed by atoms with Gasteiger partial charge in [0.15, 0.2) is 0 Å². The summed E-state index contributed by atoms with van der Waals surface area (Å²) in [5.41, 5.74) is 5.58. The van der Waals surface area contributed by atoms with Crippen LogP contribution in [0.1, 0.15) is 5.56 Å². The van der Waals surface area contributed by atoms with E-state index in [9.17, 15) is 0 Å². The van der Waals surface area contributed by atoms with Crippen molar-refractivity contribution in [1.29, 1.82) is 0 Å². The van der Waals surface area contributed by atoms with Gasteiger partial charge in [-0.15, -0.1) is 0 Å². The van der Waals surface area contributed by atoms with Crippen LogP contribution in [0.15, 0.2) is 67.0 Å². The van der Waals surface area contributed by atoms with Crippen molar-refractivity contribution in [1.82, 2.24) is 14.9 Å². The zero-order valence-corrected chi connectivity index (χ0v) is 17.0. The average molecular weight is 386 g/mol. The van der Waals surface area contributed by atoms with E-state index in [0.29, 0.717) is 0 Å². The molecule has 2 N–H and O–H groups in total. The van der Waals surface area contributed by atoms with Gasteiger partial charge in [-0.2, -0.15) is 0 Å². The molecule has 4 rings (SSSR count). The first-order valence-electron chi connectivity index (χ1n) is 10.1. The van der Waals surface area contributed by atoms with Gasteiger partial charge in [0.2, 0.25) is 0 Å². The minimum Gasteiger partial charge on any atom is -0.383 e. The molecule has 0 radical (unpaired) electrons. The number of para-hydroxylation sites is 1. The minimum atomic E-state index is 0.891. The number of pyridine rings is 2. The molecule has 0 saturated heterocycles. The van der Waals surface area contributed by atoms with E-state index in [1.165, 1.54) is 16.3 Å². The number of aryl methyl sites for hydroxylation is 1. The third-order valence-electron chi connectivity index (χ3n) is 5.17. The van der Waals surface area contributed by atoms with E-state index in [0.717, 1.165) is 48.6 Å². The number of anilines is 2. The van der Waals surface area contributed by atoms with Gasteiger partial charge in [-0.3, -0.25) is 9.97 Å². The Morgan fingerprint density at radius 1 is 0.759 bits per heavy atom. The molecule has 5 nitrogen and oxygen atoms in total. The summed E-state index contributed by atoms with van der Waals surface area (Å²) < 4.78 is 0. The van der Waals surface area contributed by atoms with Gasteiger partial charge in [0, 0.05) is 60.7 Å². The lowest BCUT2D eigenvalue weighted by Crippen LogP contribution is -2.29. The Morgan fingerprint density at radius 3 is 2.10 bits per heavy atom. The zero-order valence-electron chi connectivity index (χ0n) is 17.0. The van der Waals surface area contributed by atoms with Crippen molar-refractivity contribution in [2.45, 2.75) is 6.92 Å². The van der Waals surface area contributed by atoms with Crippen LogP contribution in [-0.4, -0.2) is 48.1 Å². The molecule has 2 aromatic carbocycles. The molecule has 2 aromatic heterocycles. The number of hydrogen-bond donors (Lipinski definition) is 2. The largest absolute Gasteiger partial charge is 0.383 e. The SMILES string of the molecule is Cc1ccc2c(NCCN(C)CCNc3ccnc4ccccc34)ccnc2c1. The van der Waals surface area contributed by atoms with Crippen molar-refractivity contribution >= 4 is 33.2 Å². The summed E-state index contributed by atoms with van der Waals surface area (Å²) in [4.78, 5) is 11.2. The first-order chi connectivity index (χ1) is 14.2. The van der Waals surface area contributed by atoms with E-state index < -0.39 is 0 Å². The molecular formula is C24H27N5. The summed E-state index contributed by atoms with van der Waals surface area (Å²) in [5, 5.41) is 9.44. The van der Waals surface area contributed by atoms with Gasteiger partial charge in [-0.1, -0.05) is 30.3 Å². The lowest BCUT2D eigenvalue weighted by Gasteiger charge is -2.19. The van der Waals surface area contributed by atoms with Gasteiger partial charge in [-0.25, -0.2) is 0 Å². The van der Waals surface area contributed by atoms with Crippen LogP contribution in [0.3, 0.4) is 0 Å². The lowest BCUT2D eigenvalue weighted by molar-refractivity contribution is 0.361. The maximum atomic E-state index is 4.47. The average Bonchev–Trinajstić information content (AvgIpc) is 2.74. The molecule has 2 heterocycles. The highest BCUT2D eigenvalue weighted by atomic mass is 15.1. The number of hydrogen-bond acceptors (Lipinski definition) is 5. The standard InChI is InChI=1S/C24H27N5/c1-18-7-8-20-23(10-12-26-24(20)17-18)28-14-16-29(2)15-13-27-22-9-11-25-21-6-4-3-5-19(21)22/h3-12,17H,13-16H2,1-2H3,(H,25,27)(H,26,28). The Balaban J connectivity index is 1.27. The Hall–Kier alpha value is -3.18. The Kier molecular flexibility index (Phi) is 5.86. The van der Waals surface area contributed by atoms with Gasteiger partial charge in [0.05, 0.1) is 11.0 Å². The Labute approximate surface area is 171 Å². The molecule has 0 saturated carbocycles. The molecule has 0 spiro atoms. The van der Waals surface area contributed by atoms with E-state index >= 15 is 0 Å². The highest BCUT2D eigenvalue weighted by Crippen LogP contribution is 2.22. The van der Waals surface area contributed by atoms with Crippen molar-refractivity contribution in [2.24, 2.45) is 0 Å². The number of nitrogens with zero attached hydrogens (tertiary/aromatic N) is 3. The quantitative estimate of drug-likeness (QED) is 0.466. The number of likely N-dealkylation sites (N-methyl/N-ethyl adjacent to an activating group) is 1. The number of benzene rings is 2. The highest BCUT2D eigenvalue weighted by Gasteiger charge is 2.04. The van der Waals surface area contributed by atoms with Gasteiger partial charge < -0.3 is 15.5 Å². The van der Waals surface area contributed by atoms with Crippen molar-refractivity contribution in [3.63, 3.8) is 0 Å². The lowest BCUT2D eigenvalue weighted by atomic mass is 10.1. The first-order valence-corrected chi connectivity index (χ1v) is 10.1. The normalized spacial score (nSPS) is 11.3. The molecule has 29 heavy (non-hydrogen) atoms. The summed E-state index contributed by atoms with van der Waals surface area (Å²) >= 11 is 0. The van der Waals surface area contributed by atoms with E-state index in [2.05, 4.69) is 69.8 Å². The predicted molar refractivity (Wildman–Crippen MR) is 123 cm³/mol. The topological polar surface area (TPSA) is 53.1 Å². The van der Waals surface area contributed by atoms with Crippen LogP contribution in [0.25, 0.3) is 21.8 Å². The van der Waals surface area contributed by atoms with Crippen LogP contribution < -0.4 is 10.6 Å². The Morgan fingerprint density at radius 2 is 1.38 bits per heavy atom. The maximum absolute atomic E-state index is 4.47. The molecule has 0 fully saturated rings. The van der Waals surface area contributed by atoms with Gasteiger partial charge in [0.25, 0.3) is 0 Å². The molecular weight excluding hydrogens is 358 g/mol. The van der Waals surface area contributed by atoms with Crippen LogP contribution >= 0.6 is 0 Å². The number of aromatic nitrogens is 2. The predicted octanol–water partition coefficient (Wildman–Crippen LogP) is 4.55. The monoisotopic (exact) mass is 385 g/mol. The fourth-order valence-electron chi connectivity index (χ4n) is 3.54. The molecule has 0 aliphatic carbocycles. The molecule has 5 heteroatoms. The summed E-state index contributed by atoms with van der Waals surface area (Å²) in [7, 11) is 2.15. The summed E-state index contributed by atoms with van der Waals surface area (Å²) in [6, 6.07) is 18.7.